The number of non-ortho nitro benzene ring substituents is 1. The van der Waals surface area contributed by atoms with Crippen molar-refractivity contribution in [1.82, 2.24) is 0 Å². The maximum Gasteiger partial charge on any atom is 0.340 e. The maximum atomic E-state index is 12.1. The molecular formula is C12H7Cl2NO5S. The maximum absolute atomic E-state index is 12.1. The Labute approximate surface area is 130 Å². The fourth-order valence-corrected chi connectivity index (χ4v) is 3.15. The van der Waals surface area contributed by atoms with Crippen LogP contribution in [0.15, 0.2) is 47.4 Å². The summed E-state index contributed by atoms with van der Waals surface area (Å²) in [6, 6.07) is 8.47. The second kappa shape index (κ2) is 5.88. The minimum Gasteiger partial charge on any atom is -0.379 e. The molecule has 0 radical (unpaired) electrons. The molecule has 9 heteroatoms. The Morgan fingerprint density at radius 1 is 1.05 bits per heavy atom. The van der Waals surface area contributed by atoms with Crippen molar-refractivity contribution in [2.45, 2.75) is 4.90 Å². The standard InChI is InChI=1S/C12H7Cl2NO5S/c13-8-1-6-12(11(14)7-8)21(18,19)20-10-4-2-9(3-5-10)15(16)17/h1-7H. The van der Waals surface area contributed by atoms with Gasteiger partial charge < -0.3 is 4.18 Å². The fourth-order valence-electron chi connectivity index (χ4n) is 1.47. The Morgan fingerprint density at radius 3 is 2.19 bits per heavy atom. The molecule has 0 spiro atoms. The fraction of sp³-hybridized carbons (Fsp3) is 0. The van der Waals surface area contributed by atoms with E-state index in [-0.39, 0.29) is 26.4 Å². The summed E-state index contributed by atoms with van der Waals surface area (Å²) in [6.45, 7) is 0. The Balaban J connectivity index is 2.30. The van der Waals surface area contributed by atoms with Crippen LogP contribution in [0.1, 0.15) is 0 Å². The van der Waals surface area contributed by atoms with Crippen LogP contribution < -0.4 is 4.18 Å². The minimum absolute atomic E-state index is 0.0633. The number of hydrogen-bond acceptors (Lipinski definition) is 5. The van der Waals surface area contributed by atoms with E-state index in [1.807, 2.05) is 0 Å². The highest BCUT2D eigenvalue weighted by Gasteiger charge is 2.21. The summed E-state index contributed by atoms with van der Waals surface area (Å²) in [5.41, 5.74) is -0.177. The van der Waals surface area contributed by atoms with Crippen LogP contribution in [-0.2, 0) is 10.1 Å². The summed E-state index contributed by atoms with van der Waals surface area (Å²) in [6.07, 6.45) is 0. The monoisotopic (exact) mass is 347 g/mol. The zero-order valence-corrected chi connectivity index (χ0v) is 12.5. The van der Waals surface area contributed by atoms with Gasteiger partial charge in [-0.1, -0.05) is 23.2 Å². The first kappa shape index (κ1) is 15.6. The highest BCUT2D eigenvalue weighted by Crippen LogP contribution is 2.28. The molecule has 0 aliphatic heterocycles. The Morgan fingerprint density at radius 2 is 1.67 bits per heavy atom. The second-order valence-corrected chi connectivity index (χ2v) is 6.22. The van der Waals surface area contributed by atoms with Crippen LogP contribution in [0.25, 0.3) is 0 Å². The summed E-state index contributed by atoms with van der Waals surface area (Å²) < 4.78 is 29.0. The minimum atomic E-state index is -4.15. The van der Waals surface area contributed by atoms with E-state index in [0.717, 1.165) is 12.1 Å². The molecule has 0 aromatic heterocycles. The van der Waals surface area contributed by atoms with Gasteiger partial charge in [0.15, 0.2) is 0 Å². The normalized spacial score (nSPS) is 11.1. The first-order valence-corrected chi connectivity index (χ1v) is 7.60. The number of hydrogen-bond donors (Lipinski definition) is 0. The van der Waals surface area contributed by atoms with Crippen LogP contribution in [0.3, 0.4) is 0 Å². The molecular weight excluding hydrogens is 341 g/mol. The predicted molar refractivity (Wildman–Crippen MR) is 77.4 cm³/mol. The lowest BCUT2D eigenvalue weighted by molar-refractivity contribution is -0.384. The lowest BCUT2D eigenvalue weighted by Crippen LogP contribution is -2.10. The molecule has 0 fully saturated rings. The van der Waals surface area contributed by atoms with Gasteiger partial charge in [-0.15, -0.1) is 0 Å². The zero-order chi connectivity index (χ0) is 15.6. The highest BCUT2D eigenvalue weighted by atomic mass is 35.5. The highest BCUT2D eigenvalue weighted by molar-refractivity contribution is 7.87. The summed E-state index contributed by atoms with van der Waals surface area (Å²) in [7, 11) is -4.15. The third-order valence-electron chi connectivity index (χ3n) is 2.42. The quantitative estimate of drug-likeness (QED) is 0.478. The van der Waals surface area contributed by atoms with E-state index in [2.05, 4.69) is 0 Å². The summed E-state index contributed by atoms with van der Waals surface area (Å²) in [5.74, 6) is -0.0633. The topological polar surface area (TPSA) is 86.5 Å². The third kappa shape index (κ3) is 3.63. The lowest BCUT2D eigenvalue weighted by atomic mass is 10.3. The van der Waals surface area contributed by atoms with E-state index < -0.39 is 15.0 Å². The number of benzene rings is 2. The smallest absolute Gasteiger partial charge is 0.340 e. The van der Waals surface area contributed by atoms with Crippen molar-refractivity contribution in [2.75, 3.05) is 0 Å². The van der Waals surface area contributed by atoms with Gasteiger partial charge in [0.2, 0.25) is 0 Å². The van der Waals surface area contributed by atoms with Crippen LogP contribution in [0.4, 0.5) is 5.69 Å². The molecule has 6 nitrogen and oxygen atoms in total. The SMILES string of the molecule is O=[N+]([O-])c1ccc(OS(=O)(=O)c2ccc(Cl)cc2Cl)cc1. The summed E-state index contributed by atoms with van der Waals surface area (Å²) in [4.78, 5) is 9.67. The zero-order valence-electron chi connectivity index (χ0n) is 10.2. The van der Waals surface area contributed by atoms with Gasteiger partial charge in [-0.2, -0.15) is 8.42 Å². The molecule has 0 bridgehead atoms. The summed E-state index contributed by atoms with van der Waals surface area (Å²) in [5, 5.41) is 10.7. The number of nitro groups is 1. The molecule has 0 saturated carbocycles. The van der Waals surface area contributed by atoms with E-state index in [1.165, 1.54) is 30.3 Å². The van der Waals surface area contributed by atoms with Crippen LogP contribution >= 0.6 is 23.2 Å². The Kier molecular flexibility index (Phi) is 4.36. The molecule has 2 rings (SSSR count). The van der Waals surface area contributed by atoms with Crippen molar-refractivity contribution in [2.24, 2.45) is 0 Å². The second-order valence-electron chi connectivity index (χ2n) is 3.86. The van der Waals surface area contributed by atoms with Gasteiger partial charge in [0, 0.05) is 17.2 Å². The van der Waals surface area contributed by atoms with Crippen molar-refractivity contribution >= 4 is 39.0 Å². The van der Waals surface area contributed by atoms with Gasteiger partial charge in [-0.25, -0.2) is 0 Å². The molecule has 0 amide bonds. The van der Waals surface area contributed by atoms with Crippen molar-refractivity contribution in [1.29, 1.82) is 0 Å². The van der Waals surface area contributed by atoms with Crippen molar-refractivity contribution in [3.63, 3.8) is 0 Å². The van der Waals surface area contributed by atoms with E-state index >= 15 is 0 Å². The molecule has 0 atom stereocenters. The molecule has 0 unspecified atom stereocenters. The van der Waals surface area contributed by atoms with Crippen molar-refractivity contribution in [3.05, 3.63) is 62.6 Å². The number of halogens is 2. The largest absolute Gasteiger partial charge is 0.379 e. The number of nitro benzene ring substituents is 1. The first-order valence-electron chi connectivity index (χ1n) is 5.43. The molecule has 0 heterocycles. The molecule has 0 aliphatic carbocycles. The lowest BCUT2D eigenvalue weighted by Gasteiger charge is -2.08. The van der Waals surface area contributed by atoms with Crippen LogP contribution in [-0.4, -0.2) is 13.3 Å². The molecule has 0 N–H and O–H groups in total. The Hall–Kier alpha value is -1.83. The van der Waals surface area contributed by atoms with Crippen LogP contribution in [0.5, 0.6) is 5.75 Å². The van der Waals surface area contributed by atoms with E-state index in [1.54, 1.807) is 0 Å². The molecule has 0 saturated heterocycles. The Bertz CT molecular complexity index is 790. The number of rotatable bonds is 4. The molecule has 2 aromatic rings. The molecule has 2 aromatic carbocycles. The first-order chi connectivity index (χ1) is 9.79. The van der Waals surface area contributed by atoms with Gasteiger partial charge in [0.05, 0.1) is 9.95 Å². The molecule has 0 aliphatic rings. The van der Waals surface area contributed by atoms with E-state index in [4.69, 9.17) is 27.4 Å². The van der Waals surface area contributed by atoms with Gasteiger partial charge in [0.1, 0.15) is 10.6 Å². The van der Waals surface area contributed by atoms with Crippen molar-refractivity contribution < 1.29 is 17.5 Å². The average Bonchev–Trinajstić information content (AvgIpc) is 2.38. The van der Waals surface area contributed by atoms with Gasteiger partial charge >= 0.3 is 10.1 Å². The average molecular weight is 348 g/mol. The van der Waals surface area contributed by atoms with Gasteiger partial charge in [-0.05, 0) is 30.3 Å². The van der Waals surface area contributed by atoms with Gasteiger partial charge in [0.25, 0.3) is 5.69 Å². The molecule has 110 valence electrons. The third-order valence-corrected chi connectivity index (χ3v) is 4.38. The predicted octanol–water partition coefficient (Wildman–Crippen LogP) is 3.67. The van der Waals surface area contributed by atoms with Crippen molar-refractivity contribution in [3.8, 4) is 5.75 Å². The van der Waals surface area contributed by atoms with E-state index in [0.29, 0.717) is 0 Å². The molecule has 21 heavy (non-hydrogen) atoms. The van der Waals surface area contributed by atoms with Gasteiger partial charge in [-0.3, -0.25) is 10.1 Å². The van der Waals surface area contributed by atoms with E-state index in [9.17, 15) is 18.5 Å². The van der Waals surface area contributed by atoms with Crippen LogP contribution in [0.2, 0.25) is 10.0 Å². The number of nitrogens with zero attached hydrogens (tertiary/aromatic N) is 1. The van der Waals surface area contributed by atoms with Crippen LogP contribution in [0, 0.1) is 10.1 Å². The summed E-state index contributed by atoms with van der Waals surface area (Å²) >= 11 is 11.5.